The monoisotopic (exact) mass is 260 g/mol. The van der Waals surface area contributed by atoms with Crippen molar-refractivity contribution in [3.8, 4) is 0 Å². The third kappa shape index (κ3) is 3.57. The molecule has 18 heavy (non-hydrogen) atoms. The number of nitrogens with zero attached hydrogens (tertiary/aromatic N) is 2. The maximum Gasteiger partial charge on any atom is 0.435 e. The molecule has 0 saturated heterocycles. The fourth-order valence-corrected chi connectivity index (χ4v) is 1.25. The Morgan fingerprint density at radius 3 is 2.56 bits per heavy atom. The smallest absolute Gasteiger partial charge is 0.360 e. The maximum absolute atomic E-state index is 12.2. The lowest BCUT2D eigenvalue weighted by Crippen LogP contribution is -2.31. The Morgan fingerprint density at radius 2 is 2.06 bits per heavy atom. The van der Waals surface area contributed by atoms with Crippen molar-refractivity contribution in [2.24, 2.45) is 0 Å². The first-order chi connectivity index (χ1) is 8.45. The molecular formula is C10H11F3N4O. The van der Waals surface area contributed by atoms with E-state index < -0.39 is 11.9 Å². The van der Waals surface area contributed by atoms with Crippen LogP contribution in [0.4, 0.5) is 19.0 Å². The van der Waals surface area contributed by atoms with E-state index in [0.29, 0.717) is 0 Å². The van der Waals surface area contributed by atoms with Crippen LogP contribution in [0.25, 0.3) is 0 Å². The summed E-state index contributed by atoms with van der Waals surface area (Å²) in [4.78, 5) is 11.3. The van der Waals surface area contributed by atoms with E-state index in [1.165, 1.54) is 0 Å². The standard InChI is InChI=1S/C10H11F3N4O/c11-10(12,13)7-3-4-8(17-16-7)14-5-9(18)15-6-1-2-6/h3-4,6H,1-2,5H2,(H,14,17)(H,15,18). The molecular weight excluding hydrogens is 249 g/mol. The van der Waals surface area contributed by atoms with Gasteiger partial charge < -0.3 is 10.6 Å². The summed E-state index contributed by atoms with van der Waals surface area (Å²) in [7, 11) is 0. The Morgan fingerprint density at radius 1 is 1.33 bits per heavy atom. The number of anilines is 1. The van der Waals surface area contributed by atoms with E-state index in [2.05, 4.69) is 20.8 Å². The molecule has 1 aromatic rings. The molecule has 1 aliphatic rings. The minimum atomic E-state index is -4.51. The summed E-state index contributed by atoms with van der Waals surface area (Å²) in [6.45, 7) is -0.0312. The summed E-state index contributed by atoms with van der Waals surface area (Å²) < 4.78 is 36.6. The fourth-order valence-electron chi connectivity index (χ4n) is 1.25. The SMILES string of the molecule is O=C(CNc1ccc(C(F)(F)F)nn1)NC1CC1. The van der Waals surface area contributed by atoms with Crippen molar-refractivity contribution in [2.75, 3.05) is 11.9 Å². The van der Waals surface area contributed by atoms with E-state index >= 15 is 0 Å². The van der Waals surface area contributed by atoms with Crippen LogP contribution < -0.4 is 10.6 Å². The van der Waals surface area contributed by atoms with Crippen molar-refractivity contribution in [2.45, 2.75) is 25.1 Å². The van der Waals surface area contributed by atoms with Crippen molar-refractivity contribution in [1.29, 1.82) is 0 Å². The molecule has 1 saturated carbocycles. The van der Waals surface area contributed by atoms with Gasteiger partial charge in [-0.2, -0.15) is 13.2 Å². The lowest BCUT2D eigenvalue weighted by molar-refractivity contribution is -0.141. The highest BCUT2D eigenvalue weighted by Gasteiger charge is 2.32. The lowest BCUT2D eigenvalue weighted by Gasteiger charge is -2.07. The summed E-state index contributed by atoms with van der Waals surface area (Å²) in [5, 5.41) is 11.7. The van der Waals surface area contributed by atoms with E-state index in [1.54, 1.807) is 0 Å². The van der Waals surface area contributed by atoms with Gasteiger partial charge in [0.15, 0.2) is 5.69 Å². The predicted octanol–water partition coefficient (Wildman–Crippen LogP) is 1.19. The summed E-state index contributed by atoms with van der Waals surface area (Å²) in [6, 6.07) is 2.20. The van der Waals surface area contributed by atoms with E-state index in [4.69, 9.17) is 0 Å². The van der Waals surface area contributed by atoms with Gasteiger partial charge in [0.2, 0.25) is 5.91 Å². The van der Waals surface area contributed by atoms with Gasteiger partial charge in [0.25, 0.3) is 0 Å². The summed E-state index contributed by atoms with van der Waals surface area (Å²) in [6.07, 6.45) is -2.55. The number of aromatic nitrogens is 2. The Kier molecular flexibility index (Phi) is 3.35. The molecule has 8 heteroatoms. The second-order valence-corrected chi connectivity index (χ2v) is 4.00. The largest absolute Gasteiger partial charge is 0.435 e. The summed E-state index contributed by atoms with van der Waals surface area (Å²) >= 11 is 0. The normalized spacial score (nSPS) is 15.3. The van der Waals surface area contributed by atoms with Gasteiger partial charge >= 0.3 is 6.18 Å². The number of nitrogens with one attached hydrogen (secondary N) is 2. The van der Waals surface area contributed by atoms with Crippen molar-refractivity contribution in [1.82, 2.24) is 15.5 Å². The van der Waals surface area contributed by atoms with Gasteiger partial charge in [0.05, 0.1) is 6.54 Å². The molecule has 1 fully saturated rings. The highest BCUT2D eigenvalue weighted by atomic mass is 19.4. The topological polar surface area (TPSA) is 66.9 Å². The molecule has 0 spiro atoms. The minimum absolute atomic E-state index is 0.0312. The molecule has 0 unspecified atom stereocenters. The van der Waals surface area contributed by atoms with Gasteiger partial charge in [-0.05, 0) is 25.0 Å². The van der Waals surface area contributed by atoms with Crippen LogP contribution in [0.15, 0.2) is 12.1 Å². The van der Waals surface area contributed by atoms with E-state index in [9.17, 15) is 18.0 Å². The van der Waals surface area contributed by atoms with Crippen LogP contribution in [-0.4, -0.2) is 28.7 Å². The average molecular weight is 260 g/mol. The second kappa shape index (κ2) is 4.79. The Bertz CT molecular complexity index is 428. The van der Waals surface area contributed by atoms with Gasteiger partial charge in [-0.25, -0.2) is 0 Å². The molecule has 0 atom stereocenters. The predicted molar refractivity (Wildman–Crippen MR) is 56.7 cm³/mol. The van der Waals surface area contributed by atoms with Crippen LogP contribution >= 0.6 is 0 Å². The van der Waals surface area contributed by atoms with Crippen molar-refractivity contribution >= 4 is 11.7 Å². The molecule has 2 N–H and O–H groups in total. The van der Waals surface area contributed by atoms with E-state index in [1.807, 2.05) is 0 Å². The van der Waals surface area contributed by atoms with Crippen LogP contribution in [0.5, 0.6) is 0 Å². The number of carbonyl (C=O) groups excluding carboxylic acids is 1. The van der Waals surface area contributed by atoms with E-state index in [-0.39, 0.29) is 24.3 Å². The fraction of sp³-hybridized carbons (Fsp3) is 0.500. The maximum atomic E-state index is 12.2. The Hall–Kier alpha value is -1.86. The molecule has 2 rings (SSSR count). The molecule has 0 radical (unpaired) electrons. The number of hydrogen-bond donors (Lipinski definition) is 2. The third-order valence-electron chi connectivity index (χ3n) is 2.33. The number of carbonyl (C=O) groups is 1. The van der Waals surface area contributed by atoms with Crippen LogP contribution in [0.1, 0.15) is 18.5 Å². The van der Waals surface area contributed by atoms with Crippen molar-refractivity contribution in [3.63, 3.8) is 0 Å². The Labute approximate surface area is 101 Å². The number of halogens is 3. The summed E-state index contributed by atoms with van der Waals surface area (Å²) in [5.41, 5.74) is -1.06. The third-order valence-corrected chi connectivity index (χ3v) is 2.33. The number of hydrogen-bond acceptors (Lipinski definition) is 4. The molecule has 98 valence electrons. The molecule has 1 aromatic heterocycles. The lowest BCUT2D eigenvalue weighted by atomic mass is 10.4. The first-order valence-corrected chi connectivity index (χ1v) is 5.39. The highest BCUT2D eigenvalue weighted by Crippen LogP contribution is 2.27. The number of alkyl halides is 3. The first kappa shape index (κ1) is 12.6. The molecule has 0 aliphatic heterocycles. The van der Waals surface area contributed by atoms with Gasteiger partial charge in [0, 0.05) is 6.04 Å². The Balaban J connectivity index is 1.84. The van der Waals surface area contributed by atoms with Crippen LogP contribution in [-0.2, 0) is 11.0 Å². The molecule has 5 nitrogen and oxygen atoms in total. The quantitative estimate of drug-likeness (QED) is 0.853. The van der Waals surface area contributed by atoms with Gasteiger partial charge in [-0.15, -0.1) is 10.2 Å². The zero-order valence-corrected chi connectivity index (χ0v) is 9.29. The first-order valence-electron chi connectivity index (χ1n) is 5.39. The van der Waals surface area contributed by atoms with Gasteiger partial charge in [0.1, 0.15) is 5.82 Å². The minimum Gasteiger partial charge on any atom is -0.360 e. The highest BCUT2D eigenvalue weighted by molar-refractivity contribution is 5.80. The molecule has 1 amide bonds. The van der Waals surface area contributed by atoms with Crippen molar-refractivity contribution in [3.05, 3.63) is 17.8 Å². The number of amides is 1. The van der Waals surface area contributed by atoms with E-state index in [0.717, 1.165) is 25.0 Å². The van der Waals surface area contributed by atoms with Crippen LogP contribution in [0.2, 0.25) is 0 Å². The molecule has 0 aromatic carbocycles. The second-order valence-electron chi connectivity index (χ2n) is 4.00. The zero-order chi connectivity index (χ0) is 13.2. The summed E-state index contributed by atoms with van der Waals surface area (Å²) in [5.74, 6) is -0.0758. The van der Waals surface area contributed by atoms with Crippen LogP contribution in [0, 0.1) is 0 Å². The molecule has 0 bridgehead atoms. The van der Waals surface area contributed by atoms with Gasteiger partial charge in [-0.1, -0.05) is 0 Å². The molecule has 1 aliphatic carbocycles. The van der Waals surface area contributed by atoms with Crippen LogP contribution in [0.3, 0.4) is 0 Å². The van der Waals surface area contributed by atoms with Gasteiger partial charge in [-0.3, -0.25) is 4.79 Å². The number of rotatable bonds is 4. The zero-order valence-electron chi connectivity index (χ0n) is 9.29. The van der Waals surface area contributed by atoms with Crippen molar-refractivity contribution < 1.29 is 18.0 Å². The molecule has 1 heterocycles. The average Bonchev–Trinajstić information content (AvgIpc) is 3.10.